The van der Waals surface area contributed by atoms with Crippen molar-refractivity contribution in [2.24, 2.45) is 0 Å². The molecule has 2 rings (SSSR count). The Balaban J connectivity index is 2.32. The number of amides is 1. The fraction of sp³-hybridized carbons (Fsp3) is 0.300. The van der Waals surface area contributed by atoms with E-state index in [2.05, 4.69) is 5.32 Å². The van der Waals surface area contributed by atoms with Gasteiger partial charge in [0.15, 0.2) is 0 Å². The van der Waals surface area contributed by atoms with Gasteiger partial charge in [-0.2, -0.15) is 0 Å². The first-order chi connectivity index (χ1) is 13.0. The molecule has 1 amide bonds. The monoisotopic (exact) mass is 373 g/mol. The van der Waals surface area contributed by atoms with Crippen molar-refractivity contribution in [2.75, 3.05) is 26.1 Å². The standard InChI is InChI=1S/C20H23NO6/c1-4-7-27-18-11-16(26-3)5-6-17(18)19(22)21-15-9-13(12-25-2)8-14(10-15)20(23)24/h5-6,8-11H,4,7,12H2,1-3H3,(H,21,22)(H,23,24). The molecule has 0 aliphatic heterocycles. The van der Waals surface area contributed by atoms with Crippen molar-refractivity contribution in [3.8, 4) is 11.5 Å². The van der Waals surface area contributed by atoms with Crippen LogP contribution in [0.1, 0.15) is 39.6 Å². The summed E-state index contributed by atoms with van der Waals surface area (Å²) < 4.78 is 15.9. The number of carboxylic acid groups (broad SMARTS) is 1. The van der Waals surface area contributed by atoms with Gasteiger partial charge in [-0.05, 0) is 42.3 Å². The number of anilines is 1. The summed E-state index contributed by atoms with van der Waals surface area (Å²) in [7, 11) is 3.05. The molecule has 2 N–H and O–H groups in total. The molecule has 2 aromatic rings. The summed E-state index contributed by atoms with van der Waals surface area (Å²) in [6, 6.07) is 9.49. The number of carbonyl (C=O) groups is 2. The van der Waals surface area contributed by atoms with Crippen LogP contribution in [0.2, 0.25) is 0 Å². The summed E-state index contributed by atoms with van der Waals surface area (Å²) in [6.07, 6.45) is 0.791. The minimum atomic E-state index is -1.08. The highest BCUT2D eigenvalue weighted by atomic mass is 16.5. The van der Waals surface area contributed by atoms with Gasteiger partial charge in [0.05, 0.1) is 31.5 Å². The second-order valence-electron chi connectivity index (χ2n) is 5.82. The van der Waals surface area contributed by atoms with E-state index in [-0.39, 0.29) is 12.2 Å². The highest BCUT2D eigenvalue weighted by molar-refractivity contribution is 6.06. The van der Waals surface area contributed by atoms with Crippen LogP contribution in [0, 0.1) is 0 Å². The first-order valence-corrected chi connectivity index (χ1v) is 8.46. The summed E-state index contributed by atoms with van der Waals surface area (Å²) in [5.74, 6) is -0.511. The lowest BCUT2D eigenvalue weighted by molar-refractivity contribution is 0.0696. The van der Waals surface area contributed by atoms with E-state index in [1.807, 2.05) is 6.92 Å². The zero-order chi connectivity index (χ0) is 19.8. The third kappa shape index (κ3) is 5.46. The van der Waals surface area contributed by atoms with Gasteiger partial charge in [-0.1, -0.05) is 6.92 Å². The van der Waals surface area contributed by atoms with Crippen molar-refractivity contribution in [3.63, 3.8) is 0 Å². The Kier molecular flexibility index (Phi) is 7.19. The molecule has 7 nitrogen and oxygen atoms in total. The second kappa shape index (κ2) is 9.59. The zero-order valence-corrected chi connectivity index (χ0v) is 15.6. The molecule has 0 spiro atoms. The molecule has 0 aliphatic carbocycles. The first-order valence-electron chi connectivity index (χ1n) is 8.46. The number of methoxy groups -OCH3 is 2. The molecule has 2 aromatic carbocycles. The Hall–Kier alpha value is -3.06. The van der Waals surface area contributed by atoms with Gasteiger partial charge in [0.1, 0.15) is 11.5 Å². The van der Waals surface area contributed by atoms with E-state index in [0.717, 1.165) is 6.42 Å². The number of hydrogen-bond acceptors (Lipinski definition) is 5. The maximum absolute atomic E-state index is 12.7. The summed E-state index contributed by atoms with van der Waals surface area (Å²) >= 11 is 0. The van der Waals surface area contributed by atoms with Crippen LogP contribution in [0.3, 0.4) is 0 Å². The van der Waals surface area contributed by atoms with Crippen LogP contribution >= 0.6 is 0 Å². The fourth-order valence-corrected chi connectivity index (χ4v) is 2.48. The van der Waals surface area contributed by atoms with Crippen molar-refractivity contribution in [3.05, 3.63) is 53.1 Å². The predicted molar refractivity (Wildman–Crippen MR) is 101 cm³/mol. The highest BCUT2D eigenvalue weighted by Crippen LogP contribution is 2.26. The van der Waals surface area contributed by atoms with E-state index < -0.39 is 11.9 Å². The summed E-state index contributed by atoms with van der Waals surface area (Å²) in [4.78, 5) is 24.1. The number of aromatic carboxylic acids is 1. The quantitative estimate of drug-likeness (QED) is 0.698. The van der Waals surface area contributed by atoms with Crippen LogP contribution in [0.4, 0.5) is 5.69 Å². The van der Waals surface area contributed by atoms with E-state index >= 15 is 0 Å². The van der Waals surface area contributed by atoms with Crippen molar-refractivity contribution in [1.29, 1.82) is 0 Å². The van der Waals surface area contributed by atoms with Gasteiger partial charge in [0.2, 0.25) is 0 Å². The number of nitrogens with one attached hydrogen (secondary N) is 1. The maximum Gasteiger partial charge on any atom is 0.335 e. The van der Waals surface area contributed by atoms with Crippen LogP contribution in [-0.2, 0) is 11.3 Å². The Bertz CT molecular complexity index is 818. The zero-order valence-electron chi connectivity index (χ0n) is 15.6. The van der Waals surface area contributed by atoms with Gasteiger partial charge in [0, 0.05) is 18.9 Å². The first kappa shape index (κ1) is 20.3. The number of carbonyl (C=O) groups excluding carboxylic acids is 1. The van der Waals surface area contributed by atoms with Crippen LogP contribution in [-0.4, -0.2) is 37.8 Å². The Morgan fingerprint density at radius 1 is 1.11 bits per heavy atom. The van der Waals surface area contributed by atoms with Crippen molar-refractivity contribution < 1.29 is 28.9 Å². The smallest absolute Gasteiger partial charge is 0.335 e. The van der Waals surface area contributed by atoms with Crippen molar-refractivity contribution in [2.45, 2.75) is 20.0 Å². The summed E-state index contributed by atoms with van der Waals surface area (Å²) in [5, 5.41) is 12.0. The molecule has 0 radical (unpaired) electrons. The predicted octanol–water partition coefficient (Wildman–Crippen LogP) is 3.58. The average Bonchev–Trinajstić information content (AvgIpc) is 2.66. The lowest BCUT2D eigenvalue weighted by Crippen LogP contribution is -2.15. The molecule has 0 bridgehead atoms. The minimum absolute atomic E-state index is 0.0667. The van der Waals surface area contributed by atoms with Gasteiger partial charge in [-0.15, -0.1) is 0 Å². The lowest BCUT2D eigenvalue weighted by atomic mass is 10.1. The number of carboxylic acids is 1. The highest BCUT2D eigenvalue weighted by Gasteiger charge is 2.16. The minimum Gasteiger partial charge on any atom is -0.497 e. The molecule has 0 aliphatic rings. The maximum atomic E-state index is 12.7. The second-order valence-corrected chi connectivity index (χ2v) is 5.82. The van der Waals surface area contributed by atoms with E-state index in [9.17, 15) is 14.7 Å². The van der Waals surface area contributed by atoms with Crippen LogP contribution in [0.15, 0.2) is 36.4 Å². The van der Waals surface area contributed by atoms with Gasteiger partial charge in [0.25, 0.3) is 5.91 Å². The van der Waals surface area contributed by atoms with Gasteiger partial charge < -0.3 is 24.6 Å². The normalized spacial score (nSPS) is 10.3. The Morgan fingerprint density at radius 3 is 2.52 bits per heavy atom. The number of rotatable bonds is 9. The van der Waals surface area contributed by atoms with E-state index in [1.54, 1.807) is 24.3 Å². The van der Waals surface area contributed by atoms with Crippen LogP contribution in [0.5, 0.6) is 11.5 Å². The molecule has 0 heterocycles. The molecular weight excluding hydrogens is 350 g/mol. The van der Waals surface area contributed by atoms with Crippen LogP contribution < -0.4 is 14.8 Å². The average molecular weight is 373 g/mol. The Morgan fingerprint density at radius 2 is 1.89 bits per heavy atom. The molecule has 0 saturated carbocycles. The van der Waals surface area contributed by atoms with E-state index in [1.165, 1.54) is 26.4 Å². The molecule has 0 atom stereocenters. The molecule has 0 unspecified atom stereocenters. The topological polar surface area (TPSA) is 94.1 Å². The van der Waals surface area contributed by atoms with Crippen molar-refractivity contribution >= 4 is 17.6 Å². The van der Waals surface area contributed by atoms with Crippen LogP contribution in [0.25, 0.3) is 0 Å². The Labute approximate surface area is 157 Å². The van der Waals surface area contributed by atoms with Gasteiger partial charge in [-0.25, -0.2) is 4.79 Å². The van der Waals surface area contributed by atoms with Gasteiger partial charge >= 0.3 is 5.97 Å². The van der Waals surface area contributed by atoms with E-state index in [0.29, 0.717) is 34.9 Å². The SMILES string of the molecule is CCCOc1cc(OC)ccc1C(=O)Nc1cc(COC)cc(C(=O)O)c1. The largest absolute Gasteiger partial charge is 0.497 e. The third-order valence-electron chi connectivity index (χ3n) is 3.70. The molecular formula is C20H23NO6. The number of hydrogen-bond donors (Lipinski definition) is 2. The molecule has 27 heavy (non-hydrogen) atoms. The lowest BCUT2D eigenvalue weighted by Gasteiger charge is -2.13. The number of benzene rings is 2. The molecule has 0 fully saturated rings. The summed E-state index contributed by atoms with van der Waals surface area (Å²) in [5.41, 5.74) is 1.41. The molecule has 7 heteroatoms. The van der Waals surface area contributed by atoms with Crippen molar-refractivity contribution in [1.82, 2.24) is 0 Å². The number of ether oxygens (including phenoxy) is 3. The summed E-state index contributed by atoms with van der Waals surface area (Å²) in [6.45, 7) is 2.66. The molecule has 0 aromatic heterocycles. The van der Waals surface area contributed by atoms with Gasteiger partial charge in [-0.3, -0.25) is 4.79 Å². The fourth-order valence-electron chi connectivity index (χ4n) is 2.48. The molecule has 0 saturated heterocycles. The molecule has 144 valence electrons. The third-order valence-corrected chi connectivity index (χ3v) is 3.70. The van der Waals surface area contributed by atoms with E-state index in [4.69, 9.17) is 14.2 Å².